The molecule has 1 aliphatic heterocycles. The number of carboxylic acids is 1. The molecule has 1 N–H and O–H groups in total. The number of carbonyl (C=O) groups excluding carboxylic acids is 1. The molecule has 1 heterocycles. The van der Waals surface area contributed by atoms with E-state index in [-0.39, 0.29) is 18.4 Å². The molecule has 1 aromatic carbocycles. The molecule has 1 saturated heterocycles. The van der Waals surface area contributed by atoms with E-state index in [2.05, 4.69) is 18.7 Å². The van der Waals surface area contributed by atoms with Crippen molar-refractivity contribution < 1.29 is 14.7 Å². The van der Waals surface area contributed by atoms with Gasteiger partial charge in [0.1, 0.15) is 0 Å². The van der Waals surface area contributed by atoms with Crippen LogP contribution < -0.4 is 4.90 Å². The number of carboxylic acid groups (broad SMARTS) is 1. The highest BCUT2D eigenvalue weighted by molar-refractivity contribution is 5.98. The molecule has 132 valence electrons. The third-order valence-corrected chi connectivity index (χ3v) is 4.98. The van der Waals surface area contributed by atoms with Gasteiger partial charge in [0.25, 0.3) is 0 Å². The van der Waals surface area contributed by atoms with Gasteiger partial charge in [-0.3, -0.25) is 14.5 Å². The fourth-order valence-corrected chi connectivity index (χ4v) is 3.73. The van der Waals surface area contributed by atoms with Crippen LogP contribution in [0, 0.1) is 6.92 Å². The minimum Gasteiger partial charge on any atom is -0.481 e. The third-order valence-electron chi connectivity index (χ3n) is 4.98. The Morgan fingerprint density at radius 2 is 2.04 bits per heavy atom. The SMILES string of the molecule is CCN1C(C)CCC[C@H]1C(=O)N(C)c1ccc(C)cc1CC(=O)O. The Hall–Kier alpha value is -1.88. The third kappa shape index (κ3) is 3.96. The van der Waals surface area contributed by atoms with Gasteiger partial charge in [-0.1, -0.05) is 24.6 Å². The van der Waals surface area contributed by atoms with Crippen molar-refractivity contribution in [3.8, 4) is 0 Å². The van der Waals surface area contributed by atoms with Gasteiger partial charge in [0.05, 0.1) is 12.5 Å². The number of piperidine rings is 1. The number of hydrogen-bond acceptors (Lipinski definition) is 3. The monoisotopic (exact) mass is 332 g/mol. The second kappa shape index (κ2) is 7.79. The van der Waals surface area contributed by atoms with E-state index in [4.69, 9.17) is 5.11 Å². The van der Waals surface area contributed by atoms with Crippen molar-refractivity contribution in [2.45, 2.75) is 58.5 Å². The summed E-state index contributed by atoms with van der Waals surface area (Å²) in [6.45, 7) is 7.04. The highest BCUT2D eigenvalue weighted by Gasteiger charge is 2.34. The highest BCUT2D eigenvalue weighted by Crippen LogP contribution is 2.27. The maximum absolute atomic E-state index is 13.1. The zero-order valence-corrected chi connectivity index (χ0v) is 15.1. The van der Waals surface area contributed by atoms with Gasteiger partial charge in [0, 0.05) is 18.8 Å². The first kappa shape index (κ1) is 18.5. The van der Waals surface area contributed by atoms with E-state index in [1.165, 1.54) is 0 Å². The van der Waals surface area contributed by atoms with Crippen LogP contribution in [0.5, 0.6) is 0 Å². The second-order valence-corrected chi connectivity index (χ2v) is 6.73. The van der Waals surface area contributed by atoms with E-state index in [9.17, 15) is 9.59 Å². The normalized spacial score (nSPS) is 21.5. The Labute approximate surface area is 144 Å². The molecule has 5 heteroatoms. The first-order valence-corrected chi connectivity index (χ1v) is 8.69. The second-order valence-electron chi connectivity index (χ2n) is 6.73. The van der Waals surface area contributed by atoms with Crippen LogP contribution in [0.3, 0.4) is 0 Å². The number of anilines is 1. The lowest BCUT2D eigenvalue weighted by Crippen LogP contribution is -2.53. The van der Waals surface area contributed by atoms with Gasteiger partial charge in [-0.25, -0.2) is 0 Å². The largest absolute Gasteiger partial charge is 0.481 e. The lowest BCUT2D eigenvalue weighted by atomic mass is 9.95. The molecule has 0 spiro atoms. The lowest BCUT2D eigenvalue weighted by molar-refractivity contribution is -0.136. The number of hydrogen-bond donors (Lipinski definition) is 1. The molecule has 1 aliphatic rings. The summed E-state index contributed by atoms with van der Waals surface area (Å²) in [4.78, 5) is 28.1. The van der Waals surface area contributed by atoms with Gasteiger partial charge >= 0.3 is 5.97 Å². The molecule has 24 heavy (non-hydrogen) atoms. The molecule has 0 saturated carbocycles. The quantitative estimate of drug-likeness (QED) is 0.901. The molecule has 0 bridgehead atoms. The van der Waals surface area contributed by atoms with Crippen LogP contribution in [0.15, 0.2) is 18.2 Å². The molecule has 5 nitrogen and oxygen atoms in total. The Morgan fingerprint density at radius 1 is 1.33 bits per heavy atom. The van der Waals surface area contributed by atoms with Gasteiger partial charge in [-0.05, 0) is 51.3 Å². The summed E-state index contributed by atoms with van der Waals surface area (Å²) in [6, 6.07) is 5.92. The fraction of sp³-hybridized carbons (Fsp3) is 0.579. The topological polar surface area (TPSA) is 60.9 Å². The summed E-state index contributed by atoms with van der Waals surface area (Å²) in [5.74, 6) is -0.830. The van der Waals surface area contributed by atoms with Crippen molar-refractivity contribution >= 4 is 17.6 Å². The fourth-order valence-electron chi connectivity index (χ4n) is 3.73. The zero-order chi connectivity index (χ0) is 17.9. The average molecular weight is 332 g/mol. The molecular weight excluding hydrogens is 304 g/mol. The zero-order valence-electron chi connectivity index (χ0n) is 15.1. The van der Waals surface area contributed by atoms with Crippen LogP contribution in [0.1, 0.15) is 44.2 Å². The number of carbonyl (C=O) groups is 2. The van der Waals surface area contributed by atoms with Crippen LogP contribution in [0.4, 0.5) is 5.69 Å². The van der Waals surface area contributed by atoms with E-state index >= 15 is 0 Å². The molecule has 2 atom stereocenters. The van der Waals surface area contributed by atoms with Crippen LogP contribution in [-0.2, 0) is 16.0 Å². The Balaban J connectivity index is 2.28. The lowest BCUT2D eigenvalue weighted by Gasteiger charge is -2.40. The molecule has 1 aromatic rings. The molecular formula is C19H28N2O3. The molecule has 1 unspecified atom stereocenters. The summed E-state index contributed by atoms with van der Waals surface area (Å²) in [5, 5.41) is 9.15. The summed E-state index contributed by atoms with van der Waals surface area (Å²) in [6.07, 6.45) is 2.96. The summed E-state index contributed by atoms with van der Waals surface area (Å²) < 4.78 is 0. The number of aliphatic carboxylic acids is 1. The van der Waals surface area contributed by atoms with Crippen LogP contribution in [0.2, 0.25) is 0 Å². The van der Waals surface area contributed by atoms with Gasteiger partial charge in [0.2, 0.25) is 5.91 Å². The van der Waals surface area contributed by atoms with Crippen molar-refractivity contribution in [2.75, 3.05) is 18.5 Å². The van der Waals surface area contributed by atoms with Crippen LogP contribution in [-0.4, -0.2) is 47.6 Å². The number of nitrogens with zero attached hydrogens (tertiary/aromatic N) is 2. The Kier molecular flexibility index (Phi) is 5.99. The maximum atomic E-state index is 13.1. The predicted molar refractivity (Wildman–Crippen MR) is 95.4 cm³/mol. The molecule has 1 amide bonds. The maximum Gasteiger partial charge on any atom is 0.307 e. The van der Waals surface area contributed by atoms with Crippen LogP contribution >= 0.6 is 0 Å². The smallest absolute Gasteiger partial charge is 0.307 e. The minimum absolute atomic E-state index is 0.0545. The summed E-state index contributed by atoms with van der Waals surface area (Å²) in [5.41, 5.74) is 2.38. The molecule has 0 radical (unpaired) electrons. The standard InChI is InChI=1S/C19H28N2O3/c1-5-21-14(3)7-6-8-17(21)19(24)20(4)16-10-9-13(2)11-15(16)12-18(22)23/h9-11,14,17H,5-8,12H2,1-4H3,(H,22,23)/t14?,17-/m0/s1. The first-order valence-electron chi connectivity index (χ1n) is 8.69. The highest BCUT2D eigenvalue weighted by atomic mass is 16.4. The number of amides is 1. The van der Waals surface area contributed by atoms with E-state index in [1.54, 1.807) is 11.9 Å². The van der Waals surface area contributed by atoms with Crippen molar-refractivity contribution in [2.24, 2.45) is 0 Å². The number of rotatable bonds is 5. The predicted octanol–water partition coefficient (Wildman–Crippen LogP) is 2.85. The van der Waals surface area contributed by atoms with Gasteiger partial charge in [-0.15, -0.1) is 0 Å². The van der Waals surface area contributed by atoms with Gasteiger partial charge < -0.3 is 10.0 Å². The molecule has 0 aliphatic carbocycles. The van der Waals surface area contributed by atoms with E-state index in [0.29, 0.717) is 17.3 Å². The van der Waals surface area contributed by atoms with Gasteiger partial charge in [0.15, 0.2) is 0 Å². The first-order chi connectivity index (χ1) is 11.3. The summed E-state index contributed by atoms with van der Waals surface area (Å²) >= 11 is 0. The molecule has 1 fully saturated rings. The van der Waals surface area contributed by atoms with Crippen LogP contribution in [0.25, 0.3) is 0 Å². The van der Waals surface area contributed by atoms with Crippen molar-refractivity contribution in [3.63, 3.8) is 0 Å². The number of aryl methyl sites for hydroxylation is 1. The van der Waals surface area contributed by atoms with E-state index in [1.807, 2.05) is 25.1 Å². The Morgan fingerprint density at radius 3 is 2.67 bits per heavy atom. The van der Waals surface area contributed by atoms with Crippen molar-refractivity contribution in [1.82, 2.24) is 4.90 Å². The van der Waals surface area contributed by atoms with E-state index in [0.717, 1.165) is 31.4 Å². The minimum atomic E-state index is -0.885. The summed E-state index contributed by atoms with van der Waals surface area (Å²) in [7, 11) is 1.76. The molecule has 0 aromatic heterocycles. The number of likely N-dealkylation sites (N-methyl/N-ethyl adjacent to an activating group) is 2. The Bertz CT molecular complexity index is 615. The average Bonchev–Trinajstić information content (AvgIpc) is 2.53. The molecule has 2 rings (SSSR count). The number of likely N-dealkylation sites (tertiary alicyclic amines) is 1. The van der Waals surface area contributed by atoms with E-state index < -0.39 is 5.97 Å². The number of benzene rings is 1. The van der Waals surface area contributed by atoms with Gasteiger partial charge in [-0.2, -0.15) is 0 Å². The van der Waals surface area contributed by atoms with Crippen molar-refractivity contribution in [3.05, 3.63) is 29.3 Å². The van der Waals surface area contributed by atoms with Crippen molar-refractivity contribution in [1.29, 1.82) is 0 Å².